The van der Waals surface area contributed by atoms with Crippen molar-refractivity contribution >= 4 is 11.6 Å². The molecule has 104 valence electrons. The lowest BCUT2D eigenvalue weighted by Gasteiger charge is -2.24. The van der Waals surface area contributed by atoms with Crippen molar-refractivity contribution in [1.82, 2.24) is 5.32 Å². The molecule has 0 aliphatic carbocycles. The zero-order valence-electron chi connectivity index (χ0n) is 11.9. The maximum absolute atomic E-state index is 12.1. The first-order valence-corrected chi connectivity index (χ1v) is 6.81. The number of rotatable bonds is 5. The summed E-state index contributed by atoms with van der Waals surface area (Å²) in [6, 6.07) is 5.81. The van der Waals surface area contributed by atoms with Crippen molar-refractivity contribution in [2.45, 2.75) is 32.8 Å². The van der Waals surface area contributed by atoms with Gasteiger partial charge in [0.25, 0.3) is 5.91 Å². The van der Waals surface area contributed by atoms with Crippen molar-refractivity contribution in [2.24, 2.45) is 0 Å². The molecular formula is C15H22N2O2. The van der Waals surface area contributed by atoms with Crippen LogP contribution in [0.2, 0.25) is 0 Å². The molecule has 0 bridgehead atoms. The Balaban J connectivity index is 1.97. The Morgan fingerprint density at radius 1 is 1.47 bits per heavy atom. The largest absolute Gasteiger partial charge is 0.384 e. The summed E-state index contributed by atoms with van der Waals surface area (Å²) >= 11 is 0. The SMILES string of the molecule is CCOC(C)(C)CNC(=O)c1ccc2c(c1)CCN2. The van der Waals surface area contributed by atoms with Crippen LogP contribution in [0.5, 0.6) is 0 Å². The number of ether oxygens (including phenoxy) is 1. The molecule has 1 heterocycles. The van der Waals surface area contributed by atoms with Crippen molar-refractivity contribution in [3.05, 3.63) is 29.3 Å². The fourth-order valence-electron chi connectivity index (χ4n) is 2.28. The number of benzene rings is 1. The summed E-state index contributed by atoms with van der Waals surface area (Å²) in [4.78, 5) is 12.1. The summed E-state index contributed by atoms with van der Waals surface area (Å²) in [5.41, 5.74) is 2.75. The van der Waals surface area contributed by atoms with Gasteiger partial charge in [0.1, 0.15) is 0 Å². The highest BCUT2D eigenvalue weighted by molar-refractivity contribution is 5.95. The minimum atomic E-state index is -0.331. The second-order valence-electron chi connectivity index (χ2n) is 5.42. The van der Waals surface area contributed by atoms with Gasteiger partial charge < -0.3 is 15.4 Å². The maximum atomic E-state index is 12.1. The van der Waals surface area contributed by atoms with E-state index in [4.69, 9.17) is 4.74 Å². The highest BCUT2D eigenvalue weighted by Crippen LogP contribution is 2.23. The highest BCUT2D eigenvalue weighted by Gasteiger charge is 2.19. The lowest BCUT2D eigenvalue weighted by Crippen LogP contribution is -2.40. The zero-order chi connectivity index (χ0) is 13.9. The van der Waals surface area contributed by atoms with Gasteiger partial charge in [-0.05, 0) is 51.0 Å². The molecular weight excluding hydrogens is 240 g/mol. The van der Waals surface area contributed by atoms with Crippen LogP contribution in [-0.4, -0.2) is 31.2 Å². The van der Waals surface area contributed by atoms with Gasteiger partial charge in [0.15, 0.2) is 0 Å². The molecule has 0 spiro atoms. The van der Waals surface area contributed by atoms with Gasteiger partial charge in [-0.1, -0.05) is 0 Å². The van der Waals surface area contributed by atoms with Gasteiger partial charge in [0, 0.05) is 30.9 Å². The molecule has 1 aromatic carbocycles. The number of hydrogen-bond acceptors (Lipinski definition) is 3. The van der Waals surface area contributed by atoms with Gasteiger partial charge in [0.2, 0.25) is 0 Å². The van der Waals surface area contributed by atoms with Gasteiger partial charge >= 0.3 is 0 Å². The molecule has 1 aromatic rings. The minimum Gasteiger partial charge on any atom is -0.384 e. The lowest BCUT2D eigenvalue weighted by atomic mass is 10.1. The molecule has 0 fully saturated rings. The number of carbonyl (C=O) groups excluding carboxylic acids is 1. The van der Waals surface area contributed by atoms with Crippen molar-refractivity contribution in [1.29, 1.82) is 0 Å². The average Bonchev–Trinajstić information content (AvgIpc) is 2.83. The van der Waals surface area contributed by atoms with E-state index in [1.807, 2.05) is 39.0 Å². The molecule has 0 aromatic heterocycles. The number of fused-ring (bicyclic) bond motifs is 1. The Bertz CT molecular complexity index is 469. The second kappa shape index (κ2) is 5.61. The van der Waals surface area contributed by atoms with Crippen molar-refractivity contribution in [3.8, 4) is 0 Å². The van der Waals surface area contributed by atoms with Crippen LogP contribution in [0.15, 0.2) is 18.2 Å². The topological polar surface area (TPSA) is 50.4 Å². The first-order chi connectivity index (χ1) is 9.02. The standard InChI is InChI=1S/C15H22N2O2/c1-4-19-15(2,3)10-17-14(18)12-5-6-13-11(9-12)7-8-16-13/h5-6,9,16H,4,7-8,10H2,1-3H3,(H,17,18). The molecule has 0 saturated carbocycles. The summed E-state index contributed by atoms with van der Waals surface area (Å²) in [5, 5.41) is 6.22. The molecule has 4 nitrogen and oxygen atoms in total. The molecule has 19 heavy (non-hydrogen) atoms. The van der Waals surface area contributed by atoms with E-state index >= 15 is 0 Å². The number of hydrogen-bond donors (Lipinski definition) is 2. The summed E-state index contributed by atoms with van der Waals surface area (Å²) in [6.07, 6.45) is 0.987. The van der Waals surface area contributed by atoms with Crippen LogP contribution in [0.1, 0.15) is 36.7 Å². The first kappa shape index (κ1) is 13.9. The van der Waals surface area contributed by atoms with Gasteiger partial charge in [-0.2, -0.15) is 0 Å². The van der Waals surface area contributed by atoms with E-state index in [2.05, 4.69) is 10.6 Å². The van der Waals surface area contributed by atoms with Crippen molar-refractivity contribution < 1.29 is 9.53 Å². The molecule has 4 heteroatoms. The molecule has 0 radical (unpaired) electrons. The van der Waals surface area contributed by atoms with E-state index < -0.39 is 0 Å². The van der Waals surface area contributed by atoms with Crippen LogP contribution in [0.25, 0.3) is 0 Å². The molecule has 1 amide bonds. The predicted molar refractivity (Wildman–Crippen MR) is 76.7 cm³/mol. The number of amides is 1. The monoisotopic (exact) mass is 262 g/mol. The van der Waals surface area contributed by atoms with Crippen LogP contribution in [0.3, 0.4) is 0 Å². The fourth-order valence-corrected chi connectivity index (χ4v) is 2.28. The third kappa shape index (κ3) is 3.47. The second-order valence-corrected chi connectivity index (χ2v) is 5.42. The summed E-state index contributed by atoms with van der Waals surface area (Å²) in [6.45, 7) is 8.02. The molecule has 2 rings (SSSR count). The maximum Gasteiger partial charge on any atom is 0.251 e. The Morgan fingerprint density at radius 2 is 2.26 bits per heavy atom. The van der Waals surface area contributed by atoms with Gasteiger partial charge in [-0.3, -0.25) is 4.79 Å². The van der Waals surface area contributed by atoms with E-state index in [-0.39, 0.29) is 11.5 Å². The number of anilines is 1. The molecule has 1 aliphatic rings. The highest BCUT2D eigenvalue weighted by atomic mass is 16.5. The summed E-state index contributed by atoms with van der Waals surface area (Å²) in [5.74, 6) is -0.0394. The fraction of sp³-hybridized carbons (Fsp3) is 0.533. The van der Waals surface area contributed by atoms with E-state index in [1.54, 1.807) is 0 Å². The smallest absolute Gasteiger partial charge is 0.251 e. The molecule has 1 aliphatic heterocycles. The average molecular weight is 262 g/mol. The zero-order valence-corrected chi connectivity index (χ0v) is 11.9. The van der Waals surface area contributed by atoms with Gasteiger partial charge in [-0.25, -0.2) is 0 Å². The van der Waals surface area contributed by atoms with E-state index in [0.29, 0.717) is 13.2 Å². The number of nitrogens with one attached hydrogen (secondary N) is 2. The molecule has 2 N–H and O–H groups in total. The Labute approximate surface area is 114 Å². The van der Waals surface area contributed by atoms with Crippen LogP contribution in [0.4, 0.5) is 5.69 Å². The summed E-state index contributed by atoms with van der Waals surface area (Å²) < 4.78 is 5.56. The minimum absolute atomic E-state index is 0.0394. The molecule has 0 saturated heterocycles. The third-order valence-electron chi connectivity index (χ3n) is 3.29. The van der Waals surface area contributed by atoms with Crippen LogP contribution in [-0.2, 0) is 11.2 Å². The molecule has 0 atom stereocenters. The quantitative estimate of drug-likeness (QED) is 0.855. The number of carbonyl (C=O) groups is 1. The van der Waals surface area contributed by atoms with E-state index in [9.17, 15) is 4.79 Å². The molecule has 0 unspecified atom stereocenters. The van der Waals surface area contributed by atoms with Crippen LogP contribution in [0, 0.1) is 0 Å². The van der Waals surface area contributed by atoms with E-state index in [1.165, 1.54) is 5.56 Å². The van der Waals surface area contributed by atoms with E-state index in [0.717, 1.165) is 24.2 Å². The third-order valence-corrected chi connectivity index (χ3v) is 3.29. The Kier molecular flexibility index (Phi) is 4.10. The van der Waals surface area contributed by atoms with Crippen molar-refractivity contribution in [2.75, 3.05) is 25.0 Å². The predicted octanol–water partition coefficient (Wildman–Crippen LogP) is 2.20. The van der Waals surface area contributed by atoms with Gasteiger partial charge in [-0.15, -0.1) is 0 Å². The van der Waals surface area contributed by atoms with Gasteiger partial charge in [0.05, 0.1) is 5.60 Å². The van der Waals surface area contributed by atoms with Crippen LogP contribution >= 0.6 is 0 Å². The summed E-state index contributed by atoms with van der Waals surface area (Å²) in [7, 11) is 0. The first-order valence-electron chi connectivity index (χ1n) is 6.81. The normalized spacial score (nSPS) is 13.8. The van der Waals surface area contributed by atoms with Crippen LogP contribution < -0.4 is 10.6 Å². The lowest BCUT2D eigenvalue weighted by molar-refractivity contribution is -0.00815. The van der Waals surface area contributed by atoms with Crippen molar-refractivity contribution in [3.63, 3.8) is 0 Å². The Morgan fingerprint density at radius 3 is 3.00 bits per heavy atom. The Hall–Kier alpha value is -1.55.